The lowest BCUT2D eigenvalue weighted by atomic mass is 10.1. The lowest BCUT2D eigenvalue weighted by molar-refractivity contribution is -0.118. The van der Waals surface area contributed by atoms with Crippen molar-refractivity contribution in [1.29, 1.82) is 0 Å². The van der Waals surface area contributed by atoms with E-state index in [1.165, 1.54) is 0 Å². The second kappa shape index (κ2) is 5.54. The number of hydrogen-bond acceptors (Lipinski definition) is 1. The Balaban J connectivity index is 3.21. The molecule has 0 aromatic heterocycles. The molecule has 0 saturated carbocycles. The van der Waals surface area contributed by atoms with Crippen LogP contribution in [-0.2, 0) is 4.79 Å². The molecule has 0 heterocycles. The fourth-order valence-corrected chi connectivity index (χ4v) is 1.08. The topological polar surface area (TPSA) is 43.1 Å². The summed E-state index contributed by atoms with van der Waals surface area (Å²) in [6.07, 6.45) is 3.15. The average Bonchev–Trinajstić information content (AvgIpc) is 1.85. The van der Waals surface area contributed by atoms with E-state index in [4.69, 9.17) is 17.3 Å². The summed E-state index contributed by atoms with van der Waals surface area (Å²) in [4.78, 5) is 10.3. The minimum absolute atomic E-state index is 0.123. The molecular formula is C7H14ClNO. The number of primary amides is 1. The molecule has 1 atom stereocenters. The van der Waals surface area contributed by atoms with Gasteiger partial charge in [-0.1, -0.05) is 13.3 Å². The van der Waals surface area contributed by atoms with Crippen LogP contribution < -0.4 is 5.73 Å². The lowest BCUT2D eigenvalue weighted by Crippen LogP contribution is -2.12. The van der Waals surface area contributed by atoms with Crippen LogP contribution in [0, 0.1) is 0 Å². The van der Waals surface area contributed by atoms with Gasteiger partial charge in [-0.05, 0) is 12.8 Å². The van der Waals surface area contributed by atoms with Crippen molar-refractivity contribution in [2.24, 2.45) is 5.73 Å². The highest BCUT2D eigenvalue weighted by Gasteiger charge is 2.03. The first-order chi connectivity index (χ1) is 4.66. The molecule has 0 saturated heterocycles. The number of hydrogen-bond donors (Lipinski definition) is 1. The van der Waals surface area contributed by atoms with Crippen LogP contribution in [0.4, 0.5) is 0 Å². The summed E-state index contributed by atoms with van der Waals surface area (Å²) >= 11 is 5.82. The quantitative estimate of drug-likeness (QED) is 0.616. The summed E-state index contributed by atoms with van der Waals surface area (Å²) in [5.74, 6) is -0.262. The normalized spacial score (nSPS) is 13.0. The summed E-state index contributed by atoms with van der Waals surface area (Å²) in [6.45, 7) is 2.07. The van der Waals surface area contributed by atoms with E-state index in [1.807, 2.05) is 0 Å². The molecule has 0 aromatic rings. The Morgan fingerprint density at radius 2 is 2.20 bits per heavy atom. The van der Waals surface area contributed by atoms with Crippen LogP contribution in [-0.4, -0.2) is 11.3 Å². The highest BCUT2D eigenvalue weighted by molar-refractivity contribution is 6.20. The van der Waals surface area contributed by atoms with Gasteiger partial charge in [-0.15, -0.1) is 11.6 Å². The molecule has 0 aliphatic carbocycles. The molecule has 0 aliphatic rings. The van der Waals surface area contributed by atoms with Crippen LogP contribution in [0.2, 0.25) is 0 Å². The Labute approximate surface area is 66.7 Å². The van der Waals surface area contributed by atoms with E-state index in [9.17, 15) is 4.79 Å². The van der Waals surface area contributed by atoms with Gasteiger partial charge in [-0.2, -0.15) is 0 Å². The van der Waals surface area contributed by atoms with Gasteiger partial charge in [0.1, 0.15) is 0 Å². The van der Waals surface area contributed by atoms with Crippen molar-refractivity contribution in [2.75, 3.05) is 0 Å². The largest absolute Gasteiger partial charge is 0.370 e. The molecule has 1 amide bonds. The van der Waals surface area contributed by atoms with Gasteiger partial charge in [0.15, 0.2) is 0 Å². The van der Waals surface area contributed by atoms with E-state index < -0.39 is 0 Å². The van der Waals surface area contributed by atoms with Gasteiger partial charge in [0.05, 0.1) is 0 Å². The van der Waals surface area contributed by atoms with Gasteiger partial charge < -0.3 is 5.73 Å². The van der Waals surface area contributed by atoms with Crippen LogP contribution in [0.3, 0.4) is 0 Å². The zero-order chi connectivity index (χ0) is 7.98. The third kappa shape index (κ3) is 5.89. The molecule has 0 aromatic carbocycles. The molecule has 1 unspecified atom stereocenters. The highest BCUT2D eigenvalue weighted by Crippen LogP contribution is 2.10. The second-order valence-electron chi connectivity index (χ2n) is 2.39. The van der Waals surface area contributed by atoms with Gasteiger partial charge in [0.25, 0.3) is 0 Å². The molecule has 10 heavy (non-hydrogen) atoms. The van der Waals surface area contributed by atoms with Crippen molar-refractivity contribution in [3.63, 3.8) is 0 Å². The number of alkyl halides is 1. The van der Waals surface area contributed by atoms with Gasteiger partial charge in [0, 0.05) is 11.8 Å². The number of carbonyl (C=O) groups is 1. The fourth-order valence-electron chi connectivity index (χ4n) is 0.756. The van der Waals surface area contributed by atoms with E-state index in [0.717, 1.165) is 12.8 Å². The van der Waals surface area contributed by atoms with Crippen LogP contribution in [0.1, 0.15) is 32.6 Å². The predicted molar refractivity (Wildman–Crippen MR) is 43.0 cm³/mol. The van der Waals surface area contributed by atoms with Crippen LogP contribution >= 0.6 is 11.6 Å². The summed E-state index contributed by atoms with van der Waals surface area (Å²) in [7, 11) is 0. The Kier molecular flexibility index (Phi) is 5.40. The summed E-state index contributed by atoms with van der Waals surface area (Å²) in [6, 6.07) is 0. The van der Waals surface area contributed by atoms with E-state index in [1.54, 1.807) is 0 Å². The Hall–Kier alpha value is -0.240. The minimum atomic E-state index is -0.262. The van der Waals surface area contributed by atoms with Crippen molar-refractivity contribution in [2.45, 2.75) is 38.0 Å². The molecule has 0 aliphatic heterocycles. The van der Waals surface area contributed by atoms with Gasteiger partial charge in [-0.25, -0.2) is 0 Å². The Bertz CT molecular complexity index is 106. The zero-order valence-corrected chi connectivity index (χ0v) is 7.03. The van der Waals surface area contributed by atoms with Gasteiger partial charge in [0.2, 0.25) is 5.91 Å². The van der Waals surface area contributed by atoms with Crippen LogP contribution in [0.25, 0.3) is 0 Å². The molecule has 2 N–H and O–H groups in total. The molecule has 0 rings (SSSR count). The standard InChI is InChI=1S/C7H14ClNO/c1-2-3-6(8)4-5-7(9)10/h6H,2-5H2,1H3,(H2,9,10). The molecule has 2 nitrogen and oxygen atoms in total. The number of carbonyl (C=O) groups excluding carboxylic acids is 1. The molecule has 0 fully saturated rings. The van der Waals surface area contributed by atoms with E-state index in [-0.39, 0.29) is 11.3 Å². The van der Waals surface area contributed by atoms with Crippen molar-refractivity contribution in [1.82, 2.24) is 0 Å². The van der Waals surface area contributed by atoms with E-state index >= 15 is 0 Å². The van der Waals surface area contributed by atoms with Crippen LogP contribution in [0.5, 0.6) is 0 Å². The SMILES string of the molecule is CCCC(Cl)CCC(N)=O. The maximum atomic E-state index is 10.3. The third-order valence-corrected chi connectivity index (χ3v) is 1.74. The first-order valence-corrected chi connectivity index (χ1v) is 4.02. The average molecular weight is 164 g/mol. The Morgan fingerprint density at radius 3 is 2.60 bits per heavy atom. The fraction of sp³-hybridized carbons (Fsp3) is 0.857. The monoisotopic (exact) mass is 163 g/mol. The molecule has 0 spiro atoms. The van der Waals surface area contributed by atoms with Crippen molar-refractivity contribution < 1.29 is 4.79 Å². The number of rotatable bonds is 5. The molecule has 0 radical (unpaired) electrons. The second-order valence-corrected chi connectivity index (χ2v) is 3.01. The Morgan fingerprint density at radius 1 is 1.60 bits per heavy atom. The molecule has 60 valence electrons. The third-order valence-electron chi connectivity index (χ3n) is 1.31. The maximum absolute atomic E-state index is 10.3. The smallest absolute Gasteiger partial charge is 0.217 e. The van der Waals surface area contributed by atoms with Gasteiger partial charge in [-0.3, -0.25) is 4.79 Å². The molecule has 0 bridgehead atoms. The predicted octanol–water partition coefficient (Wildman–Crippen LogP) is 1.66. The number of nitrogens with two attached hydrogens (primary N) is 1. The number of amides is 1. The highest BCUT2D eigenvalue weighted by atomic mass is 35.5. The minimum Gasteiger partial charge on any atom is -0.370 e. The van der Waals surface area contributed by atoms with Crippen molar-refractivity contribution in [3.8, 4) is 0 Å². The number of halogens is 1. The lowest BCUT2D eigenvalue weighted by Gasteiger charge is -2.04. The van der Waals surface area contributed by atoms with E-state index in [2.05, 4.69) is 6.92 Å². The zero-order valence-electron chi connectivity index (χ0n) is 6.27. The summed E-state index contributed by atoms with van der Waals surface area (Å²) < 4.78 is 0. The molecular weight excluding hydrogens is 150 g/mol. The summed E-state index contributed by atoms with van der Waals surface area (Å²) in [5, 5.41) is 0.123. The first-order valence-electron chi connectivity index (χ1n) is 3.59. The first kappa shape index (κ1) is 9.76. The maximum Gasteiger partial charge on any atom is 0.217 e. The van der Waals surface area contributed by atoms with Crippen molar-refractivity contribution in [3.05, 3.63) is 0 Å². The van der Waals surface area contributed by atoms with Crippen LogP contribution in [0.15, 0.2) is 0 Å². The molecule has 3 heteroatoms. The summed E-state index contributed by atoms with van der Waals surface area (Å²) in [5.41, 5.74) is 4.94. The van der Waals surface area contributed by atoms with E-state index in [0.29, 0.717) is 12.8 Å². The van der Waals surface area contributed by atoms with Crippen molar-refractivity contribution >= 4 is 17.5 Å². The van der Waals surface area contributed by atoms with Gasteiger partial charge >= 0.3 is 0 Å².